The molecule has 0 atom stereocenters. The molecule has 3 heterocycles. The molecule has 0 aromatic carbocycles. The zero-order valence-corrected chi connectivity index (χ0v) is 12.0. The fourth-order valence-corrected chi connectivity index (χ4v) is 3.06. The molecule has 0 N–H and O–H groups in total. The molecule has 0 spiro atoms. The molecule has 0 bridgehead atoms. The highest BCUT2D eigenvalue weighted by Crippen LogP contribution is 2.29. The number of carbonyl (C=O) groups excluding carboxylic acids is 2. The molecule has 2 amide bonds. The first kappa shape index (κ1) is 13.4. The van der Waals surface area contributed by atoms with Crippen molar-refractivity contribution >= 4 is 29.2 Å². The molecule has 108 valence electrons. The van der Waals surface area contributed by atoms with E-state index in [0.717, 1.165) is 25.9 Å². The summed E-state index contributed by atoms with van der Waals surface area (Å²) in [5.74, 6) is 0.850. The van der Waals surface area contributed by atoms with Crippen LogP contribution in [0.1, 0.15) is 25.7 Å². The second-order valence-corrected chi connectivity index (χ2v) is 5.58. The van der Waals surface area contributed by atoms with Gasteiger partial charge in [0.25, 0.3) is 0 Å². The van der Waals surface area contributed by atoms with Gasteiger partial charge in [-0.05, 0) is 12.8 Å². The lowest BCUT2D eigenvalue weighted by Crippen LogP contribution is -2.39. The van der Waals surface area contributed by atoms with Gasteiger partial charge in [0.1, 0.15) is 5.02 Å². The average Bonchev–Trinajstić information content (AvgIpc) is 3.03. The quantitative estimate of drug-likeness (QED) is 0.844. The highest BCUT2D eigenvalue weighted by molar-refractivity contribution is 6.33. The summed E-state index contributed by atoms with van der Waals surface area (Å²) in [6, 6.07) is 0. The normalized spacial score (nSPS) is 18.6. The summed E-state index contributed by atoms with van der Waals surface area (Å²) < 4.78 is 1.77. The second-order valence-electron chi connectivity index (χ2n) is 5.17. The molecule has 0 saturated carbocycles. The van der Waals surface area contributed by atoms with E-state index in [1.54, 1.807) is 20.7 Å². The maximum Gasteiger partial charge on any atom is 0.229 e. The molecule has 1 saturated heterocycles. The van der Waals surface area contributed by atoms with Crippen molar-refractivity contribution in [1.29, 1.82) is 0 Å². The summed E-state index contributed by atoms with van der Waals surface area (Å²) in [5, 5.41) is 4.67. The molecule has 0 unspecified atom stereocenters. The van der Waals surface area contributed by atoms with E-state index in [1.807, 2.05) is 0 Å². The van der Waals surface area contributed by atoms with Crippen molar-refractivity contribution < 1.29 is 9.59 Å². The predicted molar refractivity (Wildman–Crippen MR) is 74.6 cm³/mol. The van der Waals surface area contributed by atoms with Crippen molar-refractivity contribution in [1.82, 2.24) is 14.7 Å². The third-order valence-electron chi connectivity index (χ3n) is 3.84. The molecule has 1 aromatic rings. The van der Waals surface area contributed by atoms with Crippen molar-refractivity contribution in [2.24, 2.45) is 0 Å². The van der Waals surface area contributed by atoms with Crippen LogP contribution in [0, 0.1) is 0 Å². The lowest BCUT2D eigenvalue weighted by molar-refractivity contribution is -0.128. The Kier molecular flexibility index (Phi) is 3.65. The summed E-state index contributed by atoms with van der Waals surface area (Å²) in [6.45, 7) is 2.72. The third-order valence-corrected chi connectivity index (χ3v) is 4.11. The zero-order chi connectivity index (χ0) is 14.1. The average molecular weight is 297 g/mol. The molecule has 7 heteroatoms. The monoisotopic (exact) mass is 296 g/mol. The topological polar surface area (TPSA) is 58.4 Å². The number of halogens is 1. The largest absolute Gasteiger partial charge is 0.342 e. The van der Waals surface area contributed by atoms with Crippen LogP contribution in [0.3, 0.4) is 0 Å². The smallest absolute Gasteiger partial charge is 0.229 e. The first-order valence-electron chi connectivity index (χ1n) is 6.96. The molecule has 0 radical (unpaired) electrons. The van der Waals surface area contributed by atoms with Crippen LogP contribution in [-0.2, 0) is 16.1 Å². The van der Waals surface area contributed by atoms with E-state index >= 15 is 0 Å². The summed E-state index contributed by atoms with van der Waals surface area (Å²) in [7, 11) is 0. The number of hydrogen-bond donors (Lipinski definition) is 0. The fraction of sp³-hybridized carbons (Fsp3) is 0.615. The van der Waals surface area contributed by atoms with E-state index in [-0.39, 0.29) is 11.8 Å². The first-order chi connectivity index (χ1) is 9.66. The van der Waals surface area contributed by atoms with E-state index in [1.165, 1.54) is 0 Å². The molecule has 1 fully saturated rings. The van der Waals surface area contributed by atoms with Crippen molar-refractivity contribution in [2.75, 3.05) is 24.5 Å². The predicted octanol–water partition coefficient (Wildman–Crippen LogP) is 1.29. The number of rotatable bonds is 3. The van der Waals surface area contributed by atoms with Gasteiger partial charge in [-0.1, -0.05) is 11.6 Å². The Labute approximate surface area is 122 Å². The molecule has 3 rings (SSSR count). The maximum absolute atomic E-state index is 12.4. The lowest BCUT2D eigenvalue weighted by atomic mass is 10.2. The number of carbonyl (C=O) groups is 2. The Bertz CT molecular complexity index is 542. The van der Waals surface area contributed by atoms with E-state index in [4.69, 9.17) is 11.6 Å². The number of nitrogens with zero attached hydrogens (tertiary/aromatic N) is 4. The highest BCUT2D eigenvalue weighted by Gasteiger charge is 2.27. The summed E-state index contributed by atoms with van der Waals surface area (Å²) >= 11 is 6.11. The minimum Gasteiger partial charge on any atom is -0.342 e. The zero-order valence-electron chi connectivity index (χ0n) is 11.2. The summed E-state index contributed by atoms with van der Waals surface area (Å²) in [4.78, 5) is 27.4. The number of amides is 2. The van der Waals surface area contributed by atoms with Gasteiger partial charge in [-0.2, -0.15) is 5.10 Å². The summed E-state index contributed by atoms with van der Waals surface area (Å²) in [5.41, 5.74) is 0. The molecular weight excluding hydrogens is 280 g/mol. The van der Waals surface area contributed by atoms with Gasteiger partial charge in [-0.3, -0.25) is 14.5 Å². The Morgan fingerprint density at radius 2 is 2.15 bits per heavy atom. The van der Waals surface area contributed by atoms with Gasteiger partial charge in [-0.15, -0.1) is 0 Å². The Hall–Kier alpha value is -1.56. The van der Waals surface area contributed by atoms with Crippen LogP contribution >= 0.6 is 11.6 Å². The van der Waals surface area contributed by atoms with Gasteiger partial charge in [0, 0.05) is 39.0 Å². The van der Waals surface area contributed by atoms with Gasteiger partial charge < -0.3 is 4.90 Å². The third kappa shape index (κ3) is 2.40. The van der Waals surface area contributed by atoms with Crippen molar-refractivity contribution in [3.8, 4) is 0 Å². The molecular formula is C13H17ClN4O2. The maximum atomic E-state index is 12.4. The SMILES string of the molecule is O=C1CCCN1CCC(=O)N1CCCn2ncc(Cl)c21. The van der Waals surface area contributed by atoms with Crippen molar-refractivity contribution in [3.63, 3.8) is 0 Å². The number of hydrogen-bond acceptors (Lipinski definition) is 3. The number of anilines is 1. The van der Waals surface area contributed by atoms with E-state index < -0.39 is 0 Å². The first-order valence-corrected chi connectivity index (χ1v) is 7.34. The van der Waals surface area contributed by atoms with Crippen LogP contribution in [0.15, 0.2) is 6.20 Å². The molecule has 2 aliphatic heterocycles. The molecule has 6 nitrogen and oxygen atoms in total. The minimum absolute atomic E-state index is 0.00745. The lowest BCUT2D eigenvalue weighted by Gasteiger charge is -2.28. The fourth-order valence-electron chi connectivity index (χ4n) is 2.82. The van der Waals surface area contributed by atoms with E-state index in [9.17, 15) is 9.59 Å². The summed E-state index contributed by atoms with van der Waals surface area (Å²) in [6.07, 6.45) is 4.30. The van der Waals surface area contributed by atoms with Crippen molar-refractivity contribution in [3.05, 3.63) is 11.2 Å². The minimum atomic E-state index is 0.00745. The van der Waals surface area contributed by atoms with Gasteiger partial charge in [0.05, 0.1) is 6.20 Å². The van der Waals surface area contributed by atoms with Gasteiger partial charge in [0.15, 0.2) is 5.82 Å². The Balaban J connectivity index is 1.66. The van der Waals surface area contributed by atoms with E-state index in [2.05, 4.69) is 5.10 Å². The number of fused-ring (bicyclic) bond motifs is 1. The molecule has 20 heavy (non-hydrogen) atoms. The number of likely N-dealkylation sites (tertiary alicyclic amines) is 1. The Morgan fingerprint density at radius 3 is 2.90 bits per heavy atom. The number of aryl methyl sites for hydroxylation is 1. The molecule has 1 aromatic heterocycles. The van der Waals surface area contributed by atoms with Crippen LogP contribution in [0.25, 0.3) is 0 Å². The van der Waals surface area contributed by atoms with Crippen LogP contribution in [0.2, 0.25) is 5.02 Å². The number of aromatic nitrogens is 2. The molecule has 2 aliphatic rings. The van der Waals surface area contributed by atoms with Gasteiger partial charge in [0.2, 0.25) is 11.8 Å². The van der Waals surface area contributed by atoms with Gasteiger partial charge >= 0.3 is 0 Å². The standard InChI is InChI=1S/C13H17ClN4O2/c14-10-9-15-18-7-2-6-17(13(10)18)12(20)4-8-16-5-1-3-11(16)19/h9H,1-8H2. The van der Waals surface area contributed by atoms with Gasteiger partial charge in [-0.25, -0.2) is 4.68 Å². The second kappa shape index (κ2) is 5.44. The Morgan fingerprint density at radius 1 is 1.30 bits per heavy atom. The van der Waals surface area contributed by atoms with Crippen LogP contribution in [-0.4, -0.2) is 46.1 Å². The highest BCUT2D eigenvalue weighted by atomic mass is 35.5. The van der Waals surface area contributed by atoms with Crippen LogP contribution in [0.5, 0.6) is 0 Å². The van der Waals surface area contributed by atoms with Crippen molar-refractivity contribution in [2.45, 2.75) is 32.2 Å². The van der Waals surface area contributed by atoms with Crippen LogP contribution < -0.4 is 4.90 Å². The van der Waals surface area contributed by atoms with E-state index in [0.29, 0.717) is 36.8 Å². The molecule has 0 aliphatic carbocycles. The van der Waals surface area contributed by atoms with Crippen LogP contribution in [0.4, 0.5) is 5.82 Å².